The van der Waals surface area contributed by atoms with Crippen LogP contribution in [0, 0.1) is 0 Å². The third-order valence-electron chi connectivity index (χ3n) is 2.34. The first-order chi connectivity index (χ1) is 8.26. The van der Waals surface area contributed by atoms with Gasteiger partial charge in [0, 0.05) is 6.20 Å². The van der Waals surface area contributed by atoms with Gasteiger partial charge in [0.05, 0.1) is 7.11 Å². The lowest BCUT2D eigenvalue weighted by Gasteiger charge is -2.15. The zero-order chi connectivity index (χ0) is 12.3. The van der Waals surface area contributed by atoms with Gasteiger partial charge in [-0.3, -0.25) is 10.8 Å². The van der Waals surface area contributed by atoms with E-state index in [1.165, 1.54) is 0 Å². The molecule has 0 aromatic carbocycles. The number of nitrogens with two attached hydrogens (primary N) is 1. The lowest BCUT2D eigenvalue weighted by molar-refractivity contribution is 0.385. The Kier molecular flexibility index (Phi) is 3.78. The smallest absolute Gasteiger partial charge is 0.169 e. The summed E-state index contributed by atoms with van der Waals surface area (Å²) in [7, 11) is 1.59. The number of hydrazine groups is 1. The second-order valence-corrected chi connectivity index (χ2v) is 4.11. The van der Waals surface area contributed by atoms with Gasteiger partial charge in [0.2, 0.25) is 0 Å². The Balaban J connectivity index is 2.41. The van der Waals surface area contributed by atoms with E-state index in [1.54, 1.807) is 25.4 Å². The third kappa shape index (κ3) is 2.49. The van der Waals surface area contributed by atoms with Gasteiger partial charge in [0.1, 0.15) is 23.2 Å². The summed E-state index contributed by atoms with van der Waals surface area (Å²) in [4.78, 5) is 4.26. The number of rotatable bonds is 4. The van der Waals surface area contributed by atoms with Crippen LogP contribution < -0.4 is 16.0 Å². The van der Waals surface area contributed by atoms with Crippen LogP contribution in [0.2, 0.25) is 0 Å². The zero-order valence-corrected chi connectivity index (χ0v) is 10.8. The molecule has 0 amide bonds. The average molecular weight is 298 g/mol. The first-order valence-electron chi connectivity index (χ1n) is 4.96. The summed E-state index contributed by atoms with van der Waals surface area (Å²) in [6.45, 7) is 0. The fourth-order valence-electron chi connectivity index (χ4n) is 1.57. The van der Waals surface area contributed by atoms with E-state index in [0.29, 0.717) is 21.9 Å². The second kappa shape index (κ2) is 5.31. The quantitative estimate of drug-likeness (QED) is 0.667. The van der Waals surface area contributed by atoms with Crippen LogP contribution >= 0.6 is 15.9 Å². The number of pyridine rings is 1. The Hall–Kier alpha value is -1.37. The maximum absolute atomic E-state index is 5.55. The zero-order valence-electron chi connectivity index (χ0n) is 9.18. The molecule has 6 heteroatoms. The van der Waals surface area contributed by atoms with Crippen molar-refractivity contribution in [2.75, 3.05) is 7.11 Å². The van der Waals surface area contributed by atoms with Crippen molar-refractivity contribution in [2.24, 2.45) is 5.84 Å². The van der Waals surface area contributed by atoms with Gasteiger partial charge >= 0.3 is 0 Å². The Bertz CT molecular complexity index is 501. The Labute approximate surface area is 107 Å². The van der Waals surface area contributed by atoms with Crippen molar-refractivity contribution in [2.45, 2.75) is 6.04 Å². The molecule has 90 valence electrons. The maximum Gasteiger partial charge on any atom is 0.169 e. The second-order valence-electron chi connectivity index (χ2n) is 3.33. The molecule has 0 aliphatic heterocycles. The normalized spacial score (nSPS) is 12.4. The predicted molar refractivity (Wildman–Crippen MR) is 66.4 cm³/mol. The van der Waals surface area contributed by atoms with Crippen LogP contribution in [-0.4, -0.2) is 12.1 Å². The van der Waals surface area contributed by atoms with Gasteiger partial charge in [-0.1, -0.05) is 0 Å². The number of nitrogens with one attached hydrogen (secondary N) is 1. The van der Waals surface area contributed by atoms with Gasteiger partial charge in [-0.25, -0.2) is 5.43 Å². The van der Waals surface area contributed by atoms with Gasteiger partial charge in [-0.05, 0) is 40.2 Å². The highest BCUT2D eigenvalue weighted by Crippen LogP contribution is 2.29. The van der Waals surface area contributed by atoms with Gasteiger partial charge in [0.25, 0.3) is 0 Å². The van der Waals surface area contributed by atoms with Crippen LogP contribution in [0.1, 0.15) is 17.5 Å². The number of nitrogens with zero attached hydrogens (tertiary/aromatic N) is 1. The molecule has 2 aromatic rings. The maximum atomic E-state index is 5.55. The van der Waals surface area contributed by atoms with Crippen LogP contribution in [-0.2, 0) is 0 Å². The largest absolute Gasteiger partial charge is 0.495 e. The highest BCUT2D eigenvalue weighted by molar-refractivity contribution is 9.10. The summed E-state index contributed by atoms with van der Waals surface area (Å²) >= 11 is 3.25. The molecule has 17 heavy (non-hydrogen) atoms. The van der Waals surface area contributed by atoms with E-state index in [1.807, 2.05) is 12.1 Å². The minimum Gasteiger partial charge on any atom is -0.495 e. The number of halogens is 1. The summed E-state index contributed by atoms with van der Waals surface area (Å²) in [5, 5.41) is 0. The highest BCUT2D eigenvalue weighted by atomic mass is 79.9. The van der Waals surface area contributed by atoms with Crippen molar-refractivity contribution in [3.63, 3.8) is 0 Å². The van der Waals surface area contributed by atoms with Gasteiger partial charge < -0.3 is 9.15 Å². The number of aromatic nitrogens is 1. The van der Waals surface area contributed by atoms with E-state index in [9.17, 15) is 0 Å². The van der Waals surface area contributed by atoms with Crippen molar-refractivity contribution in [1.29, 1.82) is 0 Å². The molecular weight excluding hydrogens is 286 g/mol. The molecule has 2 heterocycles. The van der Waals surface area contributed by atoms with Crippen molar-refractivity contribution in [3.8, 4) is 5.75 Å². The van der Waals surface area contributed by atoms with Gasteiger partial charge in [-0.15, -0.1) is 0 Å². The topological polar surface area (TPSA) is 73.3 Å². The first-order valence-corrected chi connectivity index (χ1v) is 5.76. The van der Waals surface area contributed by atoms with E-state index >= 15 is 0 Å². The molecule has 1 atom stereocenters. The molecule has 0 aliphatic carbocycles. The van der Waals surface area contributed by atoms with Crippen LogP contribution in [0.15, 0.2) is 39.5 Å². The Morgan fingerprint density at radius 1 is 1.47 bits per heavy atom. The molecular formula is C11H12BrN3O2. The number of methoxy groups -OCH3 is 1. The molecule has 0 bridgehead atoms. The SMILES string of the molecule is COc1cccnc1C(NN)c1ccc(Br)o1. The van der Waals surface area contributed by atoms with E-state index in [2.05, 4.69) is 26.3 Å². The number of furan rings is 1. The minimum absolute atomic E-state index is 0.350. The summed E-state index contributed by atoms with van der Waals surface area (Å²) < 4.78 is 11.4. The molecule has 0 saturated carbocycles. The van der Waals surface area contributed by atoms with Crippen LogP contribution in [0.4, 0.5) is 0 Å². The van der Waals surface area contributed by atoms with Crippen LogP contribution in [0.25, 0.3) is 0 Å². The first kappa shape index (κ1) is 12.1. The molecule has 3 N–H and O–H groups in total. The lowest BCUT2D eigenvalue weighted by Crippen LogP contribution is -2.29. The number of hydrogen-bond donors (Lipinski definition) is 2. The fourth-order valence-corrected chi connectivity index (χ4v) is 1.89. The fraction of sp³-hybridized carbons (Fsp3) is 0.182. The summed E-state index contributed by atoms with van der Waals surface area (Å²) in [5.41, 5.74) is 3.35. The molecule has 0 radical (unpaired) electrons. The van der Waals surface area contributed by atoms with Crippen LogP contribution in [0.3, 0.4) is 0 Å². The summed E-state index contributed by atoms with van der Waals surface area (Å²) in [6.07, 6.45) is 1.68. The third-order valence-corrected chi connectivity index (χ3v) is 2.76. The van der Waals surface area contributed by atoms with Crippen molar-refractivity contribution < 1.29 is 9.15 Å². The Morgan fingerprint density at radius 2 is 2.29 bits per heavy atom. The molecule has 5 nitrogen and oxygen atoms in total. The van der Waals surface area contributed by atoms with Gasteiger partial charge in [0.15, 0.2) is 4.67 Å². The van der Waals surface area contributed by atoms with E-state index < -0.39 is 0 Å². The lowest BCUT2D eigenvalue weighted by atomic mass is 10.1. The monoisotopic (exact) mass is 297 g/mol. The predicted octanol–water partition coefficient (Wildman–Crippen LogP) is 2.00. The highest BCUT2D eigenvalue weighted by Gasteiger charge is 2.21. The molecule has 2 rings (SSSR count). The van der Waals surface area contributed by atoms with Crippen molar-refractivity contribution in [3.05, 3.63) is 46.6 Å². The van der Waals surface area contributed by atoms with Crippen molar-refractivity contribution >= 4 is 15.9 Å². The standard InChI is InChI=1S/C11H12BrN3O2/c1-16-7-3-2-6-14-10(7)11(15-13)8-4-5-9(12)17-8/h2-6,11,15H,13H2,1H3. The van der Waals surface area contributed by atoms with E-state index in [-0.39, 0.29) is 6.04 Å². The Morgan fingerprint density at radius 3 is 2.88 bits per heavy atom. The van der Waals surface area contributed by atoms with Gasteiger partial charge in [-0.2, -0.15) is 0 Å². The van der Waals surface area contributed by atoms with E-state index in [0.717, 1.165) is 0 Å². The molecule has 0 saturated heterocycles. The minimum atomic E-state index is -0.350. The van der Waals surface area contributed by atoms with Crippen molar-refractivity contribution in [1.82, 2.24) is 10.4 Å². The molecule has 2 aromatic heterocycles. The average Bonchev–Trinajstić information content (AvgIpc) is 2.77. The summed E-state index contributed by atoms with van der Waals surface area (Å²) in [5.74, 6) is 6.87. The number of ether oxygens (including phenoxy) is 1. The molecule has 0 spiro atoms. The van der Waals surface area contributed by atoms with E-state index in [4.69, 9.17) is 15.0 Å². The molecule has 0 fully saturated rings. The molecule has 1 unspecified atom stereocenters. The number of hydrogen-bond acceptors (Lipinski definition) is 5. The summed E-state index contributed by atoms with van der Waals surface area (Å²) in [6, 6.07) is 6.90. The van der Waals surface area contributed by atoms with Crippen LogP contribution in [0.5, 0.6) is 5.75 Å². The molecule has 0 aliphatic rings.